The Morgan fingerprint density at radius 3 is 2.46 bits per heavy atom. The molecule has 2 aromatic rings. The number of hydrogen-bond donors (Lipinski definition) is 0. The van der Waals surface area contributed by atoms with Crippen molar-refractivity contribution in [1.82, 2.24) is 14.9 Å². The molecule has 0 unspecified atom stereocenters. The first-order chi connectivity index (χ1) is 13.7. The minimum absolute atomic E-state index is 0.574. The van der Waals surface area contributed by atoms with Gasteiger partial charge in [0.2, 0.25) is 11.8 Å². The average Bonchev–Trinajstić information content (AvgIpc) is 2.72. The lowest BCUT2D eigenvalue weighted by Gasteiger charge is -2.34. The Morgan fingerprint density at radius 1 is 0.929 bits per heavy atom. The van der Waals surface area contributed by atoms with Crippen LogP contribution in [0.2, 0.25) is 0 Å². The number of anilines is 1. The average molecular weight is 386 g/mol. The Labute approximate surface area is 167 Å². The van der Waals surface area contributed by atoms with Crippen LogP contribution < -0.4 is 14.4 Å². The number of piperazine rings is 1. The van der Waals surface area contributed by atoms with Crippen molar-refractivity contribution in [3.8, 4) is 11.6 Å². The molecule has 152 valence electrons. The molecule has 2 heterocycles. The second-order valence-corrected chi connectivity index (χ2v) is 6.68. The van der Waals surface area contributed by atoms with E-state index in [0.717, 1.165) is 50.1 Å². The van der Waals surface area contributed by atoms with Crippen molar-refractivity contribution >= 4 is 5.95 Å². The highest BCUT2D eigenvalue weighted by Gasteiger charge is 2.19. The Hall–Kier alpha value is -2.38. The molecule has 0 spiro atoms. The molecule has 7 nitrogen and oxygen atoms in total. The van der Waals surface area contributed by atoms with Crippen LogP contribution in [0.5, 0.6) is 11.6 Å². The first-order valence-electron chi connectivity index (χ1n) is 9.96. The van der Waals surface area contributed by atoms with Gasteiger partial charge < -0.3 is 19.1 Å². The van der Waals surface area contributed by atoms with Crippen molar-refractivity contribution in [2.75, 3.05) is 64.1 Å². The van der Waals surface area contributed by atoms with Gasteiger partial charge in [0.25, 0.3) is 0 Å². The van der Waals surface area contributed by atoms with Crippen molar-refractivity contribution in [3.05, 3.63) is 42.1 Å². The van der Waals surface area contributed by atoms with Crippen LogP contribution in [0.1, 0.15) is 12.6 Å². The fourth-order valence-electron chi connectivity index (χ4n) is 3.09. The SMILES string of the molecule is CCOc1cc(C)nc(N2CCN(CCOCCOc3ccccc3)CC2)n1. The molecule has 1 saturated heterocycles. The van der Waals surface area contributed by atoms with Gasteiger partial charge in [-0.15, -0.1) is 0 Å². The van der Waals surface area contributed by atoms with E-state index in [1.54, 1.807) is 0 Å². The van der Waals surface area contributed by atoms with E-state index in [4.69, 9.17) is 14.2 Å². The van der Waals surface area contributed by atoms with E-state index < -0.39 is 0 Å². The van der Waals surface area contributed by atoms with Gasteiger partial charge in [-0.25, -0.2) is 4.98 Å². The summed E-state index contributed by atoms with van der Waals surface area (Å²) < 4.78 is 16.9. The van der Waals surface area contributed by atoms with Crippen LogP contribution in [-0.2, 0) is 4.74 Å². The van der Waals surface area contributed by atoms with Crippen LogP contribution in [0.4, 0.5) is 5.95 Å². The standard InChI is InChI=1S/C21H30N4O3/c1-3-27-20-17-18(2)22-21(23-20)25-11-9-24(10-12-25)13-14-26-15-16-28-19-7-5-4-6-8-19/h4-8,17H,3,9-16H2,1-2H3. The van der Waals surface area contributed by atoms with E-state index in [9.17, 15) is 0 Å². The summed E-state index contributed by atoms with van der Waals surface area (Å²) in [6.45, 7) is 11.1. The normalized spacial score (nSPS) is 14.9. The van der Waals surface area contributed by atoms with Crippen LogP contribution in [0, 0.1) is 6.92 Å². The number of aryl methyl sites for hydroxylation is 1. The molecule has 0 aliphatic carbocycles. The predicted molar refractivity (Wildman–Crippen MR) is 109 cm³/mol. The van der Waals surface area contributed by atoms with Crippen LogP contribution in [0.25, 0.3) is 0 Å². The molecule has 1 aromatic heterocycles. The van der Waals surface area contributed by atoms with E-state index in [1.807, 2.05) is 50.2 Å². The predicted octanol–water partition coefficient (Wildman–Crippen LogP) is 2.40. The Morgan fingerprint density at radius 2 is 1.71 bits per heavy atom. The number of para-hydroxylation sites is 1. The molecular formula is C21H30N4O3. The van der Waals surface area contributed by atoms with Crippen LogP contribution >= 0.6 is 0 Å². The largest absolute Gasteiger partial charge is 0.491 e. The molecular weight excluding hydrogens is 356 g/mol. The van der Waals surface area contributed by atoms with Crippen LogP contribution in [-0.4, -0.2) is 74.0 Å². The summed E-state index contributed by atoms with van der Waals surface area (Å²) in [7, 11) is 0. The summed E-state index contributed by atoms with van der Waals surface area (Å²) in [5.74, 6) is 2.30. The molecule has 0 radical (unpaired) electrons. The zero-order chi connectivity index (χ0) is 19.6. The molecule has 0 bridgehead atoms. The number of ether oxygens (including phenoxy) is 3. The summed E-state index contributed by atoms with van der Waals surface area (Å²) in [4.78, 5) is 13.7. The van der Waals surface area contributed by atoms with Gasteiger partial charge in [0.05, 0.1) is 19.8 Å². The first kappa shape index (κ1) is 20.4. The van der Waals surface area contributed by atoms with E-state index >= 15 is 0 Å². The van der Waals surface area contributed by atoms with Crippen LogP contribution in [0.3, 0.4) is 0 Å². The van der Waals surface area contributed by atoms with E-state index in [1.165, 1.54) is 0 Å². The zero-order valence-corrected chi connectivity index (χ0v) is 16.8. The third-order valence-corrected chi connectivity index (χ3v) is 4.56. The number of nitrogens with zero attached hydrogens (tertiary/aromatic N) is 4. The van der Waals surface area contributed by atoms with Crippen molar-refractivity contribution in [2.45, 2.75) is 13.8 Å². The van der Waals surface area contributed by atoms with Gasteiger partial charge in [-0.3, -0.25) is 4.90 Å². The summed E-state index contributed by atoms with van der Waals surface area (Å²) in [6, 6.07) is 11.7. The number of aromatic nitrogens is 2. The molecule has 3 rings (SSSR count). The molecule has 0 amide bonds. The lowest BCUT2D eigenvalue weighted by molar-refractivity contribution is 0.0782. The zero-order valence-electron chi connectivity index (χ0n) is 16.8. The van der Waals surface area contributed by atoms with Gasteiger partial charge in [-0.1, -0.05) is 18.2 Å². The third-order valence-electron chi connectivity index (χ3n) is 4.56. The molecule has 1 aliphatic rings. The minimum atomic E-state index is 0.574. The smallest absolute Gasteiger partial charge is 0.228 e. The maximum atomic E-state index is 5.71. The second-order valence-electron chi connectivity index (χ2n) is 6.68. The molecule has 1 aliphatic heterocycles. The van der Waals surface area contributed by atoms with Crippen molar-refractivity contribution in [1.29, 1.82) is 0 Å². The van der Waals surface area contributed by atoms with Gasteiger partial charge in [0, 0.05) is 44.5 Å². The van der Waals surface area contributed by atoms with Gasteiger partial charge >= 0.3 is 0 Å². The van der Waals surface area contributed by atoms with Gasteiger partial charge in [-0.2, -0.15) is 4.98 Å². The van der Waals surface area contributed by atoms with Crippen molar-refractivity contribution in [2.24, 2.45) is 0 Å². The lowest BCUT2D eigenvalue weighted by Crippen LogP contribution is -2.48. The van der Waals surface area contributed by atoms with Gasteiger partial charge in [0.1, 0.15) is 12.4 Å². The van der Waals surface area contributed by atoms with Crippen molar-refractivity contribution < 1.29 is 14.2 Å². The summed E-state index contributed by atoms with van der Waals surface area (Å²) in [6.07, 6.45) is 0. The number of hydrogen-bond acceptors (Lipinski definition) is 7. The van der Waals surface area contributed by atoms with Gasteiger partial charge in [-0.05, 0) is 26.0 Å². The molecule has 28 heavy (non-hydrogen) atoms. The molecule has 0 saturated carbocycles. The monoisotopic (exact) mass is 386 g/mol. The maximum absolute atomic E-state index is 5.71. The Kier molecular flexibility index (Phi) is 7.87. The van der Waals surface area contributed by atoms with Crippen molar-refractivity contribution in [3.63, 3.8) is 0 Å². The fraction of sp³-hybridized carbons (Fsp3) is 0.524. The van der Waals surface area contributed by atoms with E-state index in [2.05, 4.69) is 19.8 Å². The lowest BCUT2D eigenvalue weighted by atomic mass is 10.3. The van der Waals surface area contributed by atoms with Gasteiger partial charge in [0.15, 0.2) is 0 Å². The molecule has 7 heteroatoms. The number of rotatable bonds is 10. The molecule has 0 N–H and O–H groups in total. The van der Waals surface area contributed by atoms with E-state index in [0.29, 0.717) is 32.3 Å². The highest BCUT2D eigenvalue weighted by molar-refractivity contribution is 5.35. The summed E-state index contributed by atoms with van der Waals surface area (Å²) >= 11 is 0. The molecule has 1 aromatic carbocycles. The molecule has 1 fully saturated rings. The minimum Gasteiger partial charge on any atom is -0.491 e. The first-order valence-corrected chi connectivity index (χ1v) is 9.96. The summed E-state index contributed by atoms with van der Waals surface area (Å²) in [5, 5.41) is 0. The third kappa shape index (κ3) is 6.35. The van der Waals surface area contributed by atoms with E-state index in [-0.39, 0.29) is 0 Å². The topological polar surface area (TPSA) is 60.0 Å². The van der Waals surface area contributed by atoms with Crippen LogP contribution in [0.15, 0.2) is 36.4 Å². The Bertz CT molecular complexity index is 706. The quantitative estimate of drug-likeness (QED) is 0.581. The fourth-order valence-corrected chi connectivity index (χ4v) is 3.09. The maximum Gasteiger partial charge on any atom is 0.228 e. The molecule has 0 atom stereocenters. The Balaban J connectivity index is 1.32. The number of benzene rings is 1. The highest BCUT2D eigenvalue weighted by atomic mass is 16.5. The summed E-state index contributed by atoms with van der Waals surface area (Å²) in [5.41, 5.74) is 0.932. The highest BCUT2D eigenvalue weighted by Crippen LogP contribution is 2.17. The second kappa shape index (κ2) is 10.8.